The van der Waals surface area contributed by atoms with Crippen molar-refractivity contribution in [1.29, 1.82) is 0 Å². The van der Waals surface area contributed by atoms with E-state index < -0.39 is 0 Å². The van der Waals surface area contributed by atoms with Gasteiger partial charge in [-0.1, -0.05) is 18.2 Å². The van der Waals surface area contributed by atoms with Gasteiger partial charge in [-0.15, -0.1) is 0 Å². The molecule has 1 heterocycles. The van der Waals surface area contributed by atoms with Gasteiger partial charge in [0.2, 0.25) is 5.91 Å². The molecule has 0 saturated heterocycles. The molecule has 2 rings (SSSR count). The zero-order chi connectivity index (χ0) is 12.8. The number of aromatic nitrogens is 1. The van der Waals surface area contributed by atoms with Crippen molar-refractivity contribution in [3.63, 3.8) is 0 Å². The van der Waals surface area contributed by atoms with Crippen LogP contribution in [0.4, 0.5) is 0 Å². The fourth-order valence-corrected chi connectivity index (χ4v) is 1.95. The number of amides is 1. The number of primary amides is 1. The lowest BCUT2D eigenvalue weighted by atomic mass is 10.1. The molecule has 1 aromatic heterocycles. The summed E-state index contributed by atoms with van der Waals surface area (Å²) in [4.78, 5) is 14.7. The average Bonchev–Trinajstić information content (AvgIpc) is 2.38. The first-order valence-corrected chi connectivity index (χ1v) is 6.08. The third-order valence-corrected chi connectivity index (χ3v) is 2.86. The summed E-state index contributed by atoms with van der Waals surface area (Å²) in [6.07, 6.45) is 4.89. The largest absolute Gasteiger partial charge is 0.370 e. The quantitative estimate of drug-likeness (QED) is 0.757. The number of hydrogen-bond acceptors (Lipinski definition) is 3. The molecular weight excluding hydrogens is 226 g/mol. The van der Waals surface area contributed by atoms with E-state index in [1.807, 2.05) is 18.3 Å². The summed E-state index contributed by atoms with van der Waals surface area (Å²) < 4.78 is 0. The second-order valence-corrected chi connectivity index (χ2v) is 4.26. The Labute approximate surface area is 106 Å². The predicted octanol–water partition coefficient (Wildman–Crippen LogP) is 1.59. The van der Waals surface area contributed by atoms with E-state index in [0.717, 1.165) is 24.9 Å². The van der Waals surface area contributed by atoms with Crippen LogP contribution in [0.15, 0.2) is 36.7 Å². The van der Waals surface area contributed by atoms with Crippen molar-refractivity contribution in [3.05, 3.63) is 42.2 Å². The molecule has 4 heteroatoms. The number of hydrogen-bond donors (Lipinski definition) is 2. The van der Waals surface area contributed by atoms with Gasteiger partial charge in [0.1, 0.15) is 0 Å². The summed E-state index contributed by atoms with van der Waals surface area (Å²) >= 11 is 0. The Kier molecular flexibility index (Phi) is 4.25. The van der Waals surface area contributed by atoms with Gasteiger partial charge in [0, 0.05) is 30.7 Å². The summed E-state index contributed by atoms with van der Waals surface area (Å²) in [7, 11) is 0. The van der Waals surface area contributed by atoms with Gasteiger partial charge < -0.3 is 11.1 Å². The van der Waals surface area contributed by atoms with Crippen LogP contribution < -0.4 is 11.1 Å². The molecule has 0 fully saturated rings. The number of carbonyl (C=O) groups excluding carboxylic acids is 1. The number of fused-ring (bicyclic) bond motifs is 1. The van der Waals surface area contributed by atoms with Crippen molar-refractivity contribution in [2.75, 3.05) is 6.54 Å². The molecule has 1 aromatic carbocycles. The van der Waals surface area contributed by atoms with E-state index in [9.17, 15) is 4.79 Å². The summed E-state index contributed by atoms with van der Waals surface area (Å²) in [5.74, 6) is -0.243. The number of pyridine rings is 1. The van der Waals surface area contributed by atoms with Crippen molar-refractivity contribution in [1.82, 2.24) is 10.3 Å². The van der Waals surface area contributed by atoms with Gasteiger partial charge in [-0.3, -0.25) is 9.78 Å². The summed E-state index contributed by atoms with van der Waals surface area (Å²) in [5, 5.41) is 5.69. The Bertz CT molecular complexity index is 534. The van der Waals surface area contributed by atoms with Crippen LogP contribution >= 0.6 is 0 Å². The van der Waals surface area contributed by atoms with E-state index in [2.05, 4.69) is 22.4 Å². The highest BCUT2D eigenvalue weighted by Crippen LogP contribution is 2.16. The fraction of sp³-hybridized carbons (Fsp3) is 0.286. The number of nitrogens with zero attached hydrogens (tertiary/aromatic N) is 1. The van der Waals surface area contributed by atoms with Gasteiger partial charge in [0.05, 0.1) is 0 Å². The summed E-state index contributed by atoms with van der Waals surface area (Å²) in [5.41, 5.74) is 6.33. The lowest BCUT2D eigenvalue weighted by molar-refractivity contribution is -0.118. The smallest absolute Gasteiger partial charge is 0.217 e. The number of benzene rings is 1. The molecule has 94 valence electrons. The summed E-state index contributed by atoms with van der Waals surface area (Å²) in [6.45, 7) is 1.59. The van der Waals surface area contributed by atoms with E-state index in [1.165, 1.54) is 10.9 Å². The molecule has 18 heavy (non-hydrogen) atoms. The van der Waals surface area contributed by atoms with Crippen LogP contribution in [0.3, 0.4) is 0 Å². The lowest BCUT2D eigenvalue weighted by Crippen LogP contribution is -2.18. The van der Waals surface area contributed by atoms with E-state index >= 15 is 0 Å². The highest BCUT2D eigenvalue weighted by Gasteiger charge is 2.00. The normalized spacial score (nSPS) is 10.7. The molecule has 0 unspecified atom stereocenters. The first-order chi connectivity index (χ1) is 8.77. The number of nitrogens with one attached hydrogen (secondary N) is 1. The minimum absolute atomic E-state index is 0.243. The van der Waals surface area contributed by atoms with Gasteiger partial charge in [-0.05, 0) is 30.0 Å². The van der Waals surface area contributed by atoms with Gasteiger partial charge >= 0.3 is 0 Å². The maximum Gasteiger partial charge on any atom is 0.217 e. The highest BCUT2D eigenvalue weighted by atomic mass is 16.1. The number of nitrogens with two attached hydrogens (primary N) is 1. The fourth-order valence-electron chi connectivity index (χ4n) is 1.95. The Hall–Kier alpha value is -1.94. The molecule has 1 amide bonds. The van der Waals surface area contributed by atoms with Crippen LogP contribution in [-0.2, 0) is 11.3 Å². The van der Waals surface area contributed by atoms with Crippen molar-refractivity contribution in [2.45, 2.75) is 19.4 Å². The molecule has 0 bridgehead atoms. The average molecular weight is 243 g/mol. The van der Waals surface area contributed by atoms with Gasteiger partial charge in [-0.2, -0.15) is 0 Å². The van der Waals surface area contributed by atoms with Crippen molar-refractivity contribution < 1.29 is 4.79 Å². The predicted molar refractivity (Wildman–Crippen MR) is 71.9 cm³/mol. The Morgan fingerprint density at radius 2 is 2.22 bits per heavy atom. The molecule has 0 atom stereocenters. The number of carbonyl (C=O) groups is 1. The monoisotopic (exact) mass is 243 g/mol. The molecule has 0 spiro atoms. The van der Waals surface area contributed by atoms with Crippen LogP contribution in [0.5, 0.6) is 0 Å². The molecule has 0 aliphatic rings. The standard InChI is InChI=1S/C14H17N3O/c15-14(18)5-2-7-16-9-11-3-1-4-12-10-17-8-6-13(11)12/h1,3-4,6,8,10,16H,2,5,7,9H2,(H2,15,18). The Balaban J connectivity index is 1.93. The Morgan fingerprint density at radius 1 is 1.33 bits per heavy atom. The first-order valence-electron chi connectivity index (χ1n) is 6.08. The molecule has 0 radical (unpaired) electrons. The number of rotatable bonds is 6. The first kappa shape index (κ1) is 12.5. The van der Waals surface area contributed by atoms with Crippen molar-refractivity contribution in [2.24, 2.45) is 5.73 Å². The van der Waals surface area contributed by atoms with Crippen LogP contribution in [0.25, 0.3) is 10.8 Å². The second kappa shape index (κ2) is 6.12. The molecule has 3 N–H and O–H groups in total. The van der Waals surface area contributed by atoms with Crippen molar-refractivity contribution >= 4 is 16.7 Å². The lowest BCUT2D eigenvalue weighted by Gasteiger charge is -2.07. The minimum Gasteiger partial charge on any atom is -0.370 e. The maximum absolute atomic E-state index is 10.6. The van der Waals surface area contributed by atoms with E-state index in [1.54, 1.807) is 6.20 Å². The van der Waals surface area contributed by atoms with Gasteiger partial charge in [0.15, 0.2) is 0 Å². The molecule has 0 aliphatic heterocycles. The SMILES string of the molecule is NC(=O)CCCNCc1cccc2cnccc12. The maximum atomic E-state index is 10.6. The van der Waals surface area contributed by atoms with Crippen LogP contribution in [0, 0.1) is 0 Å². The molecule has 4 nitrogen and oxygen atoms in total. The zero-order valence-corrected chi connectivity index (χ0v) is 10.2. The highest BCUT2D eigenvalue weighted by molar-refractivity contribution is 5.84. The van der Waals surface area contributed by atoms with Crippen LogP contribution in [0.1, 0.15) is 18.4 Å². The summed E-state index contributed by atoms with van der Waals surface area (Å²) in [6, 6.07) is 8.21. The van der Waals surface area contributed by atoms with E-state index in [4.69, 9.17) is 5.73 Å². The van der Waals surface area contributed by atoms with Crippen LogP contribution in [-0.4, -0.2) is 17.4 Å². The third-order valence-electron chi connectivity index (χ3n) is 2.86. The van der Waals surface area contributed by atoms with Gasteiger partial charge in [-0.25, -0.2) is 0 Å². The molecule has 0 saturated carbocycles. The second-order valence-electron chi connectivity index (χ2n) is 4.26. The van der Waals surface area contributed by atoms with Crippen LogP contribution in [0.2, 0.25) is 0 Å². The van der Waals surface area contributed by atoms with Crippen molar-refractivity contribution in [3.8, 4) is 0 Å². The molecule has 2 aromatic rings. The minimum atomic E-state index is -0.243. The topological polar surface area (TPSA) is 68.0 Å². The van der Waals surface area contributed by atoms with E-state index in [-0.39, 0.29) is 5.91 Å². The third kappa shape index (κ3) is 3.28. The molecule has 0 aliphatic carbocycles. The zero-order valence-electron chi connectivity index (χ0n) is 10.2. The van der Waals surface area contributed by atoms with E-state index in [0.29, 0.717) is 6.42 Å². The van der Waals surface area contributed by atoms with Gasteiger partial charge in [0.25, 0.3) is 0 Å². The Morgan fingerprint density at radius 3 is 3.06 bits per heavy atom. The molecular formula is C14H17N3O.